The van der Waals surface area contributed by atoms with Crippen LogP contribution in [0.1, 0.15) is 34.5 Å². The molecule has 1 aliphatic carbocycles. The first-order valence-electron chi connectivity index (χ1n) is 9.48. The topological polar surface area (TPSA) is 71.5 Å². The van der Waals surface area contributed by atoms with Crippen molar-refractivity contribution in [1.29, 1.82) is 0 Å². The van der Waals surface area contributed by atoms with Crippen LogP contribution in [-0.4, -0.2) is 45.6 Å². The largest absolute Gasteiger partial charge is 0.398 e. The molecule has 0 unspecified atom stereocenters. The highest BCUT2D eigenvalue weighted by Crippen LogP contribution is 2.31. The normalized spacial score (nSPS) is 24.4. The molecule has 5 nitrogen and oxygen atoms in total. The highest BCUT2D eigenvalue weighted by Gasteiger charge is 2.35. The van der Waals surface area contributed by atoms with E-state index < -0.39 is 6.10 Å². The Hall–Kier alpha value is -2.11. The molecule has 138 valence electrons. The Labute approximate surface area is 154 Å². The predicted molar refractivity (Wildman–Crippen MR) is 102 cm³/mol. The second-order valence-corrected chi connectivity index (χ2v) is 7.71. The van der Waals surface area contributed by atoms with Crippen molar-refractivity contribution in [3.05, 3.63) is 53.3 Å². The van der Waals surface area contributed by atoms with E-state index in [1.807, 2.05) is 42.1 Å². The summed E-state index contributed by atoms with van der Waals surface area (Å²) in [4.78, 5) is 15.1. The molecule has 0 saturated carbocycles. The number of carbonyl (C=O) groups is 1. The highest BCUT2D eigenvalue weighted by molar-refractivity contribution is 5.96. The molecule has 4 rings (SSSR count). The predicted octanol–water partition coefficient (Wildman–Crippen LogP) is 2.03. The molecular formula is C21H27N3O2. The monoisotopic (exact) mass is 353 g/mol. The van der Waals surface area contributed by atoms with Crippen LogP contribution in [0.15, 0.2) is 36.5 Å². The van der Waals surface area contributed by atoms with Gasteiger partial charge in [0.15, 0.2) is 5.78 Å². The first kappa shape index (κ1) is 17.3. The number of aromatic nitrogens is 1. The number of aryl methyl sites for hydroxylation is 1. The molecule has 5 heteroatoms. The third kappa shape index (κ3) is 3.06. The smallest absolute Gasteiger partial charge is 0.182 e. The van der Waals surface area contributed by atoms with Gasteiger partial charge in [0.2, 0.25) is 0 Å². The van der Waals surface area contributed by atoms with Crippen LogP contribution >= 0.6 is 0 Å². The van der Waals surface area contributed by atoms with Gasteiger partial charge in [0.05, 0.1) is 11.8 Å². The molecule has 0 spiro atoms. The van der Waals surface area contributed by atoms with Crippen LogP contribution in [0.4, 0.5) is 5.69 Å². The number of Topliss-reactive ketones (excluding diaryl/α,β-unsaturated/α-hetero) is 1. The summed E-state index contributed by atoms with van der Waals surface area (Å²) in [7, 11) is 1.92. The molecule has 2 heterocycles. The number of nitrogens with zero attached hydrogens (tertiary/aromatic N) is 2. The maximum absolute atomic E-state index is 12.7. The number of anilines is 1. The third-order valence-electron chi connectivity index (χ3n) is 6.16. The van der Waals surface area contributed by atoms with E-state index in [4.69, 9.17) is 5.73 Å². The summed E-state index contributed by atoms with van der Waals surface area (Å²) in [5.74, 6) is 0.336. The first-order valence-corrected chi connectivity index (χ1v) is 9.48. The van der Waals surface area contributed by atoms with Gasteiger partial charge < -0.3 is 15.4 Å². The number of rotatable bonds is 3. The SMILES string of the molecule is Cn1cccc1C(=O)C1CCN([C@H]2Cc3cccc(N)c3C[C@@H]2O)CC1. The second kappa shape index (κ2) is 6.89. The van der Waals surface area contributed by atoms with Crippen LogP contribution in [0, 0.1) is 5.92 Å². The number of likely N-dealkylation sites (tertiary alicyclic amines) is 1. The average molecular weight is 353 g/mol. The Morgan fingerprint density at radius 3 is 2.62 bits per heavy atom. The van der Waals surface area contributed by atoms with Crippen molar-refractivity contribution in [2.75, 3.05) is 18.8 Å². The lowest BCUT2D eigenvalue weighted by Gasteiger charge is -2.42. The van der Waals surface area contributed by atoms with Crippen molar-refractivity contribution in [3.63, 3.8) is 0 Å². The maximum atomic E-state index is 12.7. The molecule has 26 heavy (non-hydrogen) atoms. The van der Waals surface area contributed by atoms with E-state index in [-0.39, 0.29) is 17.7 Å². The van der Waals surface area contributed by atoms with E-state index in [1.165, 1.54) is 5.56 Å². The first-order chi connectivity index (χ1) is 12.5. The molecule has 1 aliphatic heterocycles. The molecule has 0 radical (unpaired) electrons. The fourth-order valence-corrected chi connectivity index (χ4v) is 4.59. The van der Waals surface area contributed by atoms with Gasteiger partial charge in [0.25, 0.3) is 0 Å². The average Bonchev–Trinajstić information content (AvgIpc) is 3.08. The molecule has 0 amide bonds. The van der Waals surface area contributed by atoms with Gasteiger partial charge in [-0.1, -0.05) is 12.1 Å². The van der Waals surface area contributed by atoms with Gasteiger partial charge in [-0.15, -0.1) is 0 Å². The minimum atomic E-state index is -0.396. The summed E-state index contributed by atoms with van der Waals surface area (Å²) in [6.07, 6.45) is 4.69. The fourth-order valence-electron chi connectivity index (χ4n) is 4.59. The lowest BCUT2D eigenvalue weighted by atomic mass is 9.82. The summed E-state index contributed by atoms with van der Waals surface area (Å²) in [6.45, 7) is 1.72. The number of carbonyl (C=O) groups excluding carboxylic acids is 1. The standard InChI is InChI=1S/C21H27N3O2/c1-23-9-3-6-18(23)21(26)14-7-10-24(11-8-14)19-12-15-4-2-5-17(22)16(15)13-20(19)25/h2-6,9,14,19-20,25H,7-8,10-13,22H2,1H3/t19-,20-/m0/s1. The number of ketones is 1. The van der Waals surface area contributed by atoms with E-state index in [0.29, 0.717) is 6.42 Å². The molecule has 2 aromatic rings. The summed E-state index contributed by atoms with van der Waals surface area (Å²) >= 11 is 0. The van der Waals surface area contributed by atoms with Crippen molar-refractivity contribution < 1.29 is 9.90 Å². The van der Waals surface area contributed by atoms with Crippen molar-refractivity contribution >= 4 is 11.5 Å². The number of benzene rings is 1. The Balaban J connectivity index is 1.42. The zero-order chi connectivity index (χ0) is 18.3. The van der Waals surface area contributed by atoms with Crippen LogP contribution in [0.2, 0.25) is 0 Å². The summed E-state index contributed by atoms with van der Waals surface area (Å²) < 4.78 is 1.90. The molecule has 0 bridgehead atoms. The maximum Gasteiger partial charge on any atom is 0.182 e. The quantitative estimate of drug-likeness (QED) is 0.654. The summed E-state index contributed by atoms with van der Waals surface area (Å²) in [5.41, 5.74) is 10.0. The number of aliphatic hydroxyl groups excluding tert-OH is 1. The van der Waals surface area contributed by atoms with E-state index in [9.17, 15) is 9.90 Å². The van der Waals surface area contributed by atoms with Crippen LogP contribution < -0.4 is 5.73 Å². The van der Waals surface area contributed by atoms with Gasteiger partial charge in [-0.25, -0.2) is 0 Å². The van der Waals surface area contributed by atoms with Crippen molar-refractivity contribution in [2.45, 2.75) is 37.8 Å². The zero-order valence-electron chi connectivity index (χ0n) is 15.3. The molecule has 1 fully saturated rings. The van der Waals surface area contributed by atoms with Gasteiger partial charge in [0.1, 0.15) is 0 Å². The summed E-state index contributed by atoms with van der Waals surface area (Å²) in [5, 5.41) is 10.7. The molecular weight excluding hydrogens is 326 g/mol. The second-order valence-electron chi connectivity index (χ2n) is 7.71. The lowest BCUT2D eigenvalue weighted by Crippen LogP contribution is -2.51. The molecule has 1 aromatic carbocycles. The molecule has 2 aliphatic rings. The molecule has 3 N–H and O–H groups in total. The van der Waals surface area contributed by atoms with E-state index in [1.54, 1.807) is 0 Å². The minimum absolute atomic E-state index is 0.0866. The Bertz CT molecular complexity index is 805. The number of nitrogens with two attached hydrogens (primary N) is 1. The van der Waals surface area contributed by atoms with Gasteiger partial charge in [-0.2, -0.15) is 0 Å². The van der Waals surface area contributed by atoms with Gasteiger partial charge in [0, 0.05) is 37.3 Å². The number of piperidine rings is 1. The molecule has 2 atom stereocenters. The van der Waals surface area contributed by atoms with Gasteiger partial charge in [-0.05, 0) is 61.7 Å². The number of fused-ring (bicyclic) bond motifs is 1. The van der Waals surface area contributed by atoms with Gasteiger partial charge in [-0.3, -0.25) is 9.69 Å². The number of hydrogen-bond acceptors (Lipinski definition) is 4. The van der Waals surface area contributed by atoms with E-state index >= 15 is 0 Å². The number of aliphatic hydroxyl groups is 1. The van der Waals surface area contributed by atoms with Crippen LogP contribution in [0.25, 0.3) is 0 Å². The molecule has 1 saturated heterocycles. The lowest BCUT2D eigenvalue weighted by molar-refractivity contribution is 0.0239. The Morgan fingerprint density at radius 1 is 1.15 bits per heavy atom. The van der Waals surface area contributed by atoms with E-state index in [2.05, 4.69) is 11.0 Å². The molecule has 1 aromatic heterocycles. The van der Waals surface area contributed by atoms with Crippen LogP contribution in [-0.2, 0) is 19.9 Å². The highest BCUT2D eigenvalue weighted by atomic mass is 16.3. The van der Waals surface area contributed by atoms with Gasteiger partial charge >= 0.3 is 0 Å². The summed E-state index contributed by atoms with van der Waals surface area (Å²) in [6, 6.07) is 9.97. The van der Waals surface area contributed by atoms with Crippen LogP contribution in [0.3, 0.4) is 0 Å². The Morgan fingerprint density at radius 2 is 1.92 bits per heavy atom. The minimum Gasteiger partial charge on any atom is -0.398 e. The van der Waals surface area contributed by atoms with Crippen molar-refractivity contribution in [2.24, 2.45) is 13.0 Å². The Kier molecular flexibility index (Phi) is 4.59. The number of hydrogen-bond donors (Lipinski definition) is 2. The number of nitrogen functional groups attached to an aromatic ring is 1. The van der Waals surface area contributed by atoms with Crippen molar-refractivity contribution in [3.8, 4) is 0 Å². The van der Waals surface area contributed by atoms with Crippen LogP contribution in [0.5, 0.6) is 0 Å². The van der Waals surface area contributed by atoms with E-state index in [0.717, 1.165) is 49.3 Å². The third-order valence-corrected chi connectivity index (χ3v) is 6.16. The van der Waals surface area contributed by atoms with Crippen molar-refractivity contribution in [1.82, 2.24) is 9.47 Å². The fraction of sp³-hybridized carbons (Fsp3) is 0.476. The zero-order valence-corrected chi connectivity index (χ0v) is 15.3.